The zero-order valence-electron chi connectivity index (χ0n) is 15.3. The van der Waals surface area contributed by atoms with E-state index >= 15 is 0 Å². The maximum absolute atomic E-state index is 12.7. The van der Waals surface area contributed by atoms with Gasteiger partial charge in [0, 0.05) is 44.2 Å². The predicted octanol–water partition coefficient (Wildman–Crippen LogP) is 2.90. The Hall–Kier alpha value is -1.70. The summed E-state index contributed by atoms with van der Waals surface area (Å²) in [5, 5.41) is 11.3. The summed E-state index contributed by atoms with van der Waals surface area (Å²) in [5.41, 5.74) is 0.0566. The van der Waals surface area contributed by atoms with Crippen molar-refractivity contribution in [1.82, 2.24) is 9.47 Å². The van der Waals surface area contributed by atoms with Crippen LogP contribution in [0.3, 0.4) is 0 Å². The molecule has 1 atom stereocenters. The molecule has 7 heteroatoms. The third-order valence-corrected chi connectivity index (χ3v) is 5.54. The third-order valence-electron chi connectivity index (χ3n) is 5.54. The average molecular weight is 380 g/mol. The van der Waals surface area contributed by atoms with Crippen LogP contribution in [0.4, 0.5) is 8.78 Å². The van der Waals surface area contributed by atoms with Gasteiger partial charge in [-0.3, -0.25) is 0 Å². The van der Waals surface area contributed by atoms with E-state index in [2.05, 4.69) is 4.90 Å². The van der Waals surface area contributed by atoms with Gasteiger partial charge in [0.25, 0.3) is 6.43 Å². The molecule has 27 heavy (non-hydrogen) atoms. The highest BCUT2D eigenvalue weighted by Gasteiger charge is 2.35. The highest BCUT2D eigenvalue weighted by Crippen LogP contribution is 2.30. The summed E-state index contributed by atoms with van der Waals surface area (Å²) in [6.07, 6.45) is 1.86. The quantitative estimate of drug-likeness (QED) is 0.837. The second-order valence-corrected chi connectivity index (χ2v) is 7.67. The number of aliphatic hydroxyl groups is 1. The van der Waals surface area contributed by atoms with Crippen molar-refractivity contribution in [1.29, 1.82) is 0 Å². The van der Waals surface area contributed by atoms with Gasteiger partial charge in [0.2, 0.25) is 0 Å². The number of hydrogen-bond acceptors (Lipinski definition) is 4. The van der Waals surface area contributed by atoms with Crippen molar-refractivity contribution >= 4 is 10.9 Å². The maximum atomic E-state index is 12.7. The van der Waals surface area contributed by atoms with E-state index in [-0.39, 0.29) is 12.6 Å². The Morgan fingerprint density at radius 3 is 2.78 bits per heavy atom. The minimum atomic E-state index is -2.38. The lowest BCUT2D eigenvalue weighted by atomic mass is 10.00. The van der Waals surface area contributed by atoms with E-state index in [0.717, 1.165) is 42.6 Å². The number of β-amino-alcohol motifs (C(OH)–C–C–N with tert-alkyl or cyclic N) is 1. The molecule has 2 aliphatic rings. The normalized spacial score (nSPS) is 24.9. The lowest BCUT2D eigenvalue weighted by molar-refractivity contribution is -0.0172. The number of rotatable bonds is 6. The van der Waals surface area contributed by atoms with Crippen LogP contribution in [0.2, 0.25) is 0 Å². The van der Waals surface area contributed by atoms with Crippen LogP contribution in [0.5, 0.6) is 5.75 Å². The highest BCUT2D eigenvalue weighted by molar-refractivity contribution is 5.86. The molecular formula is C20H26F2N2O3. The molecule has 2 saturated heterocycles. The number of hydrogen-bond donors (Lipinski definition) is 1. The number of nitrogens with zero attached hydrogens (tertiary/aromatic N) is 2. The first-order valence-electron chi connectivity index (χ1n) is 9.58. The molecule has 148 valence electrons. The third kappa shape index (κ3) is 4.25. The van der Waals surface area contributed by atoms with E-state index in [1.165, 1.54) is 0 Å². The molecule has 0 spiro atoms. The molecular weight excluding hydrogens is 354 g/mol. The van der Waals surface area contributed by atoms with Gasteiger partial charge in [0.15, 0.2) is 0 Å². The van der Waals surface area contributed by atoms with E-state index in [1.807, 2.05) is 24.3 Å². The number of piperidine rings is 1. The molecule has 2 fully saturated rings. The van der Waals surface area contributed by atoms with E-state index in [9.17, 15) is 13.9 Å². The Morgan fingerprint density at radius 1 is 1.26 bits per heavy atom. The van der Waals surface area contributed by atoms with E-state index in [4.69, 9.17) is 9.47 Å². The second kappa shape index (κ2) is 7.73. The zero-order valence-corrected chi connectivity index (χ0v) is 15.3. The first-order chi connectivity index (χ1) is 13.0. The molecule has 1 aromatic heterocycles. The topological polar surface area (TPSA) is 46.9 Å². The number of fused-ring (bicyclic) bond motifs is 1. The molecule has 0 bridgehead atoms. The van der Waals surface area contributed by atoms with E-state index in [0.29, 0.717) is 26.2 Å². The van der Waals surface area contributed by atoms with Gasteiger partial charge in [-0.15, -0.1) is 0 Å². The molecule has 2 aromatic rings. The SMILES string of the molecule is OC1(CN2CCC(Oc3cccc4c3ccn4CC(F)F)CC2)CCOC1. The minimum absolute atomic E-state index is 0.0970. The van der Waals surface area contributed by atoms with Crippen molar-refractivity contribution in [2.45, 2.75) is 43.9 Å². The van der Waals surface area contributed by atoms with Gasteiger partial charge in [-0.05, 0) is 31.0 Å². The Bertz CT molecular complexity index is 766. The van der Waals surface area contributed by atoms with Gasteiger partial charge in [-0.2, -0.15) is 0 Å². The zero-order chi connectivity index (χ0) is 18.9. The molecule has 5 nitrogen and oxygen atoms in total. The predicted molar refractivity (Wildman–Crippen MR) is 98.4 cm³/mol. The largest absolute Gasteiger partial charge is 0.490 e. The van der Waals surface area contributed by atoms with Gasteiger partial charge in [0.1, 0.15) is 17.5 Å². The molecule has 0 saturated carbocycles. The summed E-state index contributed by atoms with van der Waals surface area (Å²) in [4.78, 5) is 2.27. The van der Waals surface area contributed by atoms with Crippen LogP contribution in [-0.4, -0.2) is 65.6 Å². The van der Waals surface area contributed by atoms with E-state index in [1.54, 1.807) is 10.8 Å². The molecule has 4 rings (SSSR count). The summed E-state index contributed by atoms with van der Waals surface area (Å²) in [6.45, 7) is 3.13. The summed E-state index contributed by atoms with van der Waals surface area (Å²) >= 11 is 0. The number of ether oxygens (including phenoxy) is 2. The van der Waals surface area contributed by atoms with Crippen LogP contribution >= 0.6 is 0 Å². The highest BCUT2D eigenvalue weighted by atomic mass is 19.3. The van der Waals surface area contributed by atoms with Crippen LogP contribution in [0.25, 0.3) is 10.9 Å². The molecule has 0 aliphatic carbocycles. The second-order valence-electron chi connectivity index (χ2n) is 7.67. The fourth-order valence-corrected chi connectivity index (χ4v) is 4.11. The number of aromatic nitrogens is 1. The van der Waals surface area contributed by atoms with Crippen LogP contribution in [-0.2, 0) is 11.3 Å². The van der Waals surface area contributed by atoms with Gasteiger partial charge in [-0.25, -0.2) is 8.78 Å². The standard InChI is InChI=1S/C20H26F2N2O3/c21-19(22)12-24-10-6-16-17(24)2-1-3-18(16)27-15-4-8-23(9-5-15)13-20(25)7-11-26-14-20/h1-3,6,10,15,19,25H,4-5,7-9,11-14H2. The first-order valence-corrected chi connectivity index (χ1v) is 9.58. The van der Waals surface area contributed by atoms with E-state index < -0.39 is 12.0 Å². The summed E-state index contributed by atoms with van der Waals surface area (Å²) < 4.78 is 38.6. The van der Waals surface area contributed by atoms with Gasteiger partial charge in [0.05, 0.1) is 18.7 Å². The van der Waals surface area contributed by atoms with Crippen molar-refractivity contribution in [3.63, 3.8) is 0 Å². The van der Waals surface area contributed by atoms with Gasteiger partial charge in [-0.1, -0.05) is 6.07 Å². The molecule has 0 radical (unpaired) electrons. The lowest BCUT2D eigenvalue weighted by Crippen LogP contribution is -2.48. The number of benzene rings is 1. The summed E-state index contributed by atoms with van der Waals surface area (Å²) in [7, 11) is 0. The molecule has 1 unspecified atom stereocenters. The Morgan fingerprint density at radius 2 is 2.07 bits per heavy atom. The molecule has 0 amide bonds. The van der Waals surface area contributed by atoms with Crippen molar-refractivity contribution in [3.8, 4) is 5.75 Å². The Balaban J connectivity index is 1.37. The average Bonchev–Trinajstić information content (AvgIpc) is 3.24. The van der Waals surface area contributed by atoms with Crippen molar-refractivity contribution in [2.24, 2.45) is 0 Å². The molecule has 1 aromatic carbocycles. The monoisotopic (exact) mass is 380 g/mol. The van der Waals surface area contributed by atoms with Crippen molar-refractivity contribution in [2.75, 3.05) is 32.8 Å². The maximum Gasteiger partial charge on any atom is 0.256 e. The van der Waals surface area contributed by atoms with Crippen molar-refractivity contribution in [3.05, 3.63) is 30.5 Å². The number of alkyl halides is 2. The van der Waals surface area contributed by atoms with Crippen molar-refractivity contribution < 1.29 is 23.4 Å². The van der Waals surface area contributed by atoms with Crippen LogP contribution in [0, 0.1) is 0 Å². The molecule has 2 aliphatic heterocycles. The van der Waals surface area contributed by atoms with Crippen LogP contribution in [0.1, 0.15) is 19.3 Å². The van der Waals surface area contributed by atoms with Gasteiger partial charge < -0.3 is 24.0 Å². The number of halogens is 2. The van der Waals surface area contributed by atoms with Crippen LogP contribution < -0.4 is 4.74 Å². The molecule has 3 heterocycles. The fourth-order valence-electron chi connectivity index (χ4n) is 4.11. The van der Waals surface area contributed by atoms with Crippen LogP contribution in [0.15, 0.2) is 30.5 Å². The summed E-state index contributed by atoms with van der Waals surface area (Å²) in [6, 6.07) is 7.44. The molecule has 1 N–H and O–H groups in total. The minimum Gasteiger partial charge on any atom is -0.490 e. The summed E-state index contributed by atoms with van der Waals surface area (Å²) in [5.74, 6) is 0.752. The fraction of sp³-hybridized carbons (Fsp3) is 0.600. The number of likely N-dealkylation sites (tertiary alicyclic amines) is 1. The Labute approximate surface area is 157 Å². The Kier molecular flexibility index (Phi) is 5.34. The first kappa shape index (κ1) is 18.7. The smallest absolute Gasteiger partial charge is 0.256 e. The van der Waals surface area contributed by atoms with Gasteiger partial charge >= 0.3 is 0 Å². The lowest BCUT2D eigenvalue weighted by Gasteiger charge is -2.36.